The second-order valence-corrected chi connectivity index (χ2v) is 18.3. The third kappa shape index (κ3) is 17.8. The van der Waals surface area contributed by atoms with Gasteiger partial charge in [0.1, 0.15) is 22.7 Å². The minimum Gasteiger partial charge on any atom is -0.508 e. The molecule has 4 aromatic rings. The van der Waals surface area contributed by atoms with Gasteiger partial charge < -0.3 is 19.3 Å². The van der Waals surface area contributed by atoms with E-state index in [4.69, 9.17) is 14.2 Å². The Morgan fingerprint density at radius 1 is 0.525 bits per heavy atom. The van der Waals surface area contributed by atoms with Crippen molar-refractivity contribution in [2.45, 2.75) is 179 Å². The largest absolute Gasteiger partial charge is 0.508 e. The zero-order valence-corrected chi connectivity index (χ0v) is 39.7. The summed E-state index contributed by atoms with van der Waals surface area (Å²) in [5, 5.41) is 13.9. The molecule has 0 spiro atoms. The molecule has 4 aromatic carbocycles. The van der Waals surface area contributed by atoms with Crippen LogP contribution in [0.1, 0.15) is 179 Å². The van der Waals surface area contributed by atoms with Gasteiger partial charge in [0.05, 0.1) is 10.8 Å². The van der Waals surface area contributed by atoms with Crippen LogP contribution in [0.4, 0.5) is 0 Å². The summed E-state index contributed by atoms with van der Waals surface area (Å²) in [6.45, 7) is 33.8. The number of phenolic OH excluding ortho intramolecular Hbond substituents is 1. The van der Waals surface area contributed by atoms with Crippen LogP contribution in [0.25, 0.3) is 21.5 Å². The fourth-order valence-electron chi connectivity index (χ4n) is 5.02. The van der Waals surface area contributed by atoms with Gasteiger partial charge in [0, 0.05) is 6.92 Å². The van der Waals surface area contributed by atoms with E-state index >= 15 is 0 Å². The van der Waals surface area contributed by atoms with Gasteiger partial charge in [-0.15, -0.1) is 0 Å². The van der Waals surface area contributed by atoms with E-state index < -0.39 is 0 Å². The van der Waals surface area contributed by atoms with Crippen LogP contribution in [-0.2, 0) is 23.9 Å². The van der Waals surface area contributed by atoms with Gasteiger partial charge >= 0.3 is 17.9 Å². The van der Waals surface area contributed by atoms with Crippen molar-refractivity contribution in [3.8, 4) is 11.5 Å². The van der Waals surface area contributed by atoms with Crippen LogP contribution >= 0.6 is 0 Å². The van der Waals surface area contributed by atoms with E-state index in [-0.39, 0.29) is 39.9 Å². The number of hydrogen-bond acceptors (Lipinski definition) is 7. The fraction of sp³-hybridized carbons (Fsp3) is 0.558. The number of hydrogen-bond donors (Lipinski definition) is 1. The van der Waals surface area contributed by atoms with Crippen molar-refractivity contribution in [1.29, 1.82) is 0 Å². The fourth-order valence-corrected chi connectivity index (χ4v) is 5.02. The van der Waals surface area contributed by atoms with Gasteiger partial charge in [0.2, 0.25) is 0 Å². The topological polar surface area (TPSA) is 99.1 Å². The number of esters is 3. The first kappa shape index (κ1) is 52.6. The van der Waals surface area contributed by atoms with Gasteiger partial charge in [-0.25, -0.2) is 0 Å². The Morgan fingerprint density at radius 3 is 1.24 bits per heavy atom. The normalized spacial score (nSPS) is 12.7. The Morgan fingerprint density at radius 2 is 0.881 bits per heavy atom. The number of carbonyl (C=O) groups is 3. The number of rotatable bonds is 13. The molecule has 0 aliphatic heterocycles. The lowest BCUT2D eigenvalue weighted by molar-refractivity contribution is -0.168. The second kappa shape index (κ2) is 23.4. The average Bonchev–Trinajstić information content (AvgIpc) is 3.19. The number of aromatic hydroxyl groups is 1. The number of fused-ring (bicyclic) bond motifs is 2. The molecule has 0 aliphatic rings. The highest BCUT2D eigenvalue weighted by Crippen LogP contribution is 2.29. The molecular weight excluding hydrogens is 737 g/mol. The van der Waals surface area contributed by atoms with Crippen molar-refractivity contribution in [3.63, 3.8) is 0 Å². The van der Waals surface area contributed by atoms with Gasteiger partial charge in [-0.3, -0.25) is 14.4 Å². The van der Waals surface area contributed by atoms with Crippen LogP contribution in [0.3, 0.4) is 0 Å². The van der Waals surface area contributed by atoms with Gasteiger partial charge in [-0.2, -0.15) is 0 Å². The van der Waals surface area contributed by atoms with Gasteiger partial charge in [0.15, 0.2) is 0 Å². The first-order valence-corrected chi connectivity index (χ1v) is 21.7. The van der Waals surface area contributed by atoms with Crippen LogP contribution in [-0.4, -0.2) is 34.2 Å². The van der Waals surface area contributed by atoms with Crippen molar-refractivity contribution in [2.24, 2.45) is 10.8 Å². The smallest absolute Gasteiger partial charge is 0.312 e. The maximum atomic E-state index is 11.6. The van der Waals surface area contributed by atoms with E-state index in [9.17, 15) is 19.5 Å². The molecule has 0 aromatic heterocycles. The number of phenols is 1. The summed E-state index contributed by atoms with van der Waals surface area (Å²) < 4.78 is 15.9. The Labute approximate surface area is 357 Å². The number of carbonyl (C=O) groups excluding carboxylic acids is 3. The zero-order chi connectivity index (χ0) is 45.4. The maximum absolute atomic E-state index is 11.6. The predicted molar refractivity (Wildman–Crippen MR) is 247 cm³/mol. The summed E-state index contributed by atoms with van der Waals surface area (Å²) >= 11 is 0. The molecule has 0 amide bonds. The van der Waals surface area contributed by atoms with Crippen LogP contribution in [0.5, 0.6) is 11.5 Å². The highest BCUT2D eigenvalue weighted by atomic mass is 16.6. The molecule has 0 heterocycles. The molecule has 1 N–H and O–H groups in total. The Kier molecular flexibility index (Phi) is 20.9. The molecule has 328 valence electrons. The van der Waals surface area contributed by atoms with E-state index in [1.807, 2.05) is 107 Å². The Balaban J connectivity index is 0.000000398. The van der Waals surface area contributed by atoms with Crippen molar-refractivity contribution in [1.82, 2.24) is 0 Å². The molecule has 2 atom stereocenters. The first-order valence-electron chi connectivity index (χ1n) is 21.7. The first-order chi connectivity index (χ1) is 27.3. The van der Waals surface area contributed by atoms with Crippen molar-refractivity contribution in [2.75, 3.05) is 0 Å². The molecule has 0 aliphatic carbocycles. The van der Waals surface area contributed by atoms with Crippen LogP contribution in [0.15, 0.2) is 72.8 Å². The quantitative estimate of drug-likeness (QED) is 0.106. The summed E-state index contributed by atoms with van der Waals surface area (Å²) in [4.78, 5) is 34.2. The zero-order valence-electron chi connectivity index (χ0n) is 39.7. The molecule has 59 heavy (non-hydrogen) atoms. The minimum absolute atomic E-state index is 0.0955. The van der Waals surface area contributed by atoms with Gasteiger partial charge in [-0.05, 0) is 163 Å². The van der Waals surface area contributed by atoms with Crippen molar-refractivity contribution >= 4 is 39.5 Å². The SMILES string of the molecule is CCC(C)(C)OC(=O)C(C)(C)CC.CCC(C)(C)OC(=O)C(C)(C)CC.CCC(C)c1ccc2cc(O)ccc2c1.CCC(C)c1ccc2cc(OC(C)=O)ccc2c1. The molecule has 2 unspecified atom stereocenters. The highest BCUT2D eigenvalue weighted by Gasteiger charge is 2.32. The molecule has 0 fully saturated rings. The third-order valence-electron chi connectivity index (χ3n) is 11.6. The second-order valence-electron chi connectivity index (χ2n) is 18.3. The van der Waals surface area contributed by atoms with Crippen LogP contribution < -0.4 is 4.74 Å². The number of ether oxygens (including phenoxy) is 3. The molecule has 0 saturated heterocycles. The summed E-state index contributed by atoms with van der Waals surface area (Å²) in [7, 11) is 0. The van der Waals surface area contributed by atoms with E-state index in [1.54, 1.807) is 12.1 Å². The summed E-state index contributed by atoms with van der Waals surface area (Å²) in [6, 6.07) is 24.1. The maximum Gasteiger partial charge on any atom is 0.312 e. The van der Waals surface area contributed by atoms with E-state index in [0.29, 0.717) is 23.3 Å². The number of benzene rings is 4. The standard InChI is InChI=1S/C16H18O2.C14H16O.2C11H22O2/c1-4-11(2)13-5-6-15-10-16(18-12(3)17)8-7-14(15)9-13;1-3-10(2)11-4-5-13-9-14(15)7-6-12(13)8-11;2*1-7-10(3,4)9(12)13-11(5,6)8-2/h5-11H,4H2,1-3H3;4-10,15H,3H2,1-2H3;2*7-8H2,1-6H3. The lowest BCUT2D eigenvalue weighted by atomic mass is 9.90. The highest BCUT2D eigenvalue weighted by molar-refractivity contribution is 5.86. The Bertz CT molecular complexity index is 1890. The molecule has 7 heteroatoms. The lowest BCUT2D eigenvalue weighted by Gasteiger charge is -2.29. The molecule has 0 bridgehead atoms. The van der Waals surface area contributed by atoms with Gasteiger partial charge in [0.25, 0.3) is 0 Å². The monoisotopic (exact) mass is 815 g/mol. The predicted octanol–water partition coefficient (Wildman–Crippen LogP) is 14.6. The van der Waals surface area contributed by atoms with E-state index in [0.717, 1.165) is 49.3 Å². The van der Waals surface area contributed by atoms with Gasteiger partial charge in [-0.1, -0.05) is 104 Å². The third-order valence-corrected chi connectivity index (χ3v) is 11.6. The molecule has 0 saturated carbocycles. The Hall–Kier alpha value is -4.39. The lowest BCUT2D eigenvalue weighted by Crippen LogP contribution is -2.34. The van der Waals surface area contributed by atoms with E-state index in [2.05, 4.69) is 64.1 Å². The molecule has 7 nitrogen and oxygen atoms in total. The molecular formula is C52H78O7. The summed E-state index contributed by atoms with van der Waals surface area (Å²) in [5.74, 6) is 1.63. The summed E-state index contributed by atoms with van der Waals surface area (Å²) in [5.41, 5.74) is 1.35. The molecule has 0 radical (unpaired) electrons. The van der Waals surface area contributed by atoms with Crippen LogP contribution in [0, 0.1) is 10.8 Å². The average molecular weight is 815 g/mol. The molecule has 4 rings (SSSR count). The van der Waals surface area contributed by atoms with Crippen LogP contribution in [0.2, 0.25) is 0 Å². The van der Waals surface area contributed by atoms with E-state index in [1.165, 1.54) is 28.8 Å². The van der Waals surface area contributed by atoms with Crippen molar-refractivity contribution < 1.29 is 33.7 Å². The van der Waals surface area contributed by atoms with Crippen molar-refractivity contribution in [3.05, 3.63) is 83.9 Å². The summed E-state index contributed by atoms with van der Waals surface area (Å²) in [6.07, 6.45) is 5.61. The minimum atomic E-state index is -0.355.